The molecule has 0 unspecified atom stereocenters. The Hall–Kier alpha value is -3.57. The fraction of sp³-hybridized carbons (Fsp3) is 0. The van der Waals surface area contributed by atoms with Gasteiger partial charge in [0.2, 0.25) is 10.0 Å². The van der Waals surface area contributed by atoms with Crippen molar-refractivity contribution in [2.24, 2.45) is 5.14 Å². The first-order valence-corrected chi connectivity index (χ1v) is 13.6. The zero-order valence-corrected chi connectivity index (χ0v) is 20.3. The van der Waals surface area contributed by atoms with E-state index in [0.717, 1.165) is 4.09 Å². The molecule has 0 fully saturated rings. The molecule has 0 atom stereocenters. The number of hydrogen-bond acceptors (Lipinski definition) is 6. The quantitative estimate of drug-likeness (QED) is 0.342. The van der Waals surface area contributed by atoms with E-state index < -0.39 is 20.0 Å². The summed E-state index contributed by atoms with van der Waals surface area (Å²) in [4.78, 5) is 4.20. The third kappa shape index (κ3) is 4.21. The van der Waals surface area contributed by atoms with Crippen LogP contribution in [0.3, 0.4) is 0 Å². The molecular formula is C24H17ClN4O4S2. The standard InChI is InChI=1S/C24H17ClN4O4S2/c25-24-23(17-5-4-8-20(13-17)34(26,30)31)21(11-12-27-24)16-9-10-18-15-28-29(22(18)14-16)35(32,33)19-6-2-1-3-7-19/h1-15H,(H2,26,30,31). The fourth-order valence-corrected chi connectivity index (χ4v) is 5.94. The van der Waals surface area contributed by atoms with Gasteiger partial charge in [-0.1, -0.05) is 54.1 Å². The van der Waals surface area contributed by atoms with Crippen LogP contribution in [0.25, 0.3) is 33.2 Å². The summed E-state index contributed by atoms with van der Waals surface area (Å²) in [5.41, 5.74) is 2.63. The average molecular weight is 525 g/mol. The molecule has 0 bridgehead atoms. The second-order valence-corrected chi connectivity index (χ2v) is 11.4. The number of nitrogens with zero attached hydrogens (tertiary/aromatic N) is 3. The molecule has 3 aromatic carbocycles. The largest absolute Gasteiger partial charge is 0.283 e. The van der Waals surface area contributed by atoms with Crippen molar-refractivity contribution in [1.82, 2.24) is 14.2 Å². The van der Waals surface area contributed by atoms with Crippen molar-refractivity contribution >= 4 is 42.6 Å². The molecule has 8 nitrogen and oxygen atoms in total. The topological polar surface area (TPSA) is 125 Å². The van der Waals surface area contributed by atoms with E-state index in [1.165, 1.54) is 36.7 Å². The number of rotatable bonds is 5. The Balaban J connectivity index is 1.71. The number of pyridine rings is 1. The van der Waals surface area contributed by atoms with Crippen molar-refractivity contribution in [3.05, 3.63) is 96.4 Å². The molecule has 2 heterocycles. The lowest BCUT2D eigenvalue weighted by atomic mass is 9.96. The van der Waals surface area contributed by atoms with Crippen molar-refractivity contribution in [2.75, 3.05) is 0 Å². The van der Waals surface area contributed by atoms with Gasteiger partial charge in [0.05, 0.1) is 21.5 Å². The maximum atomic E-state index is 13.2. The number of hydrogen-bond donors (Lipinski definition) is 1. The summed E-state index contributed by atoms with van der Waals surface area (Å²) in [6.45, 7) is 0. The van der Waals surface area contributed by atoms with E-state index in [2.05, 4.69) is 10.1 Å². The zero-order chi connectivity index (χ0) is 24.8. The second-order valence-electron chi connectivity index (χ2n) is 7.68. The number of aromatic nitrogens is 3. The Morgan fingerprint density at radius 3 is 2.29 bits per heavy atom. The minimum absolute atomic E-state index is 0.0663. The predicted octanol–water partition coefficient (Wildman–Crippen LogP) is 4.30. The number of benzene rings is 3. The van der Waals surface area contributed by atoms with E-state index in [9.17, 15) is 16.8 Å². The van der Waals surface area contributed by atoms with Gasteiger partial charge in [-0.05, 0) is 53.1 Å². The van der Waals surface area contributed by atoms with Gasteiger partial charge in [-0.3, -0.25) is 0 Å². The smallest absolute Gasteiger partial charge is 0.244 e. The van der Waals surface area contributed by atoms with Crippen LogP contribution >= 0.6 is 11.6 Å². The predicted molar refractivity (Wildman–Crippen MR) is 134 cm³/mol. The Labute approximate surface area is 206 Å². The molecule has 176 valence electrons. The summed E-state index contributed by atoms with van der Waals surface area (Å²) in [5.74, 6) is 0. The molecule has 35 heavy (non-hydrogen) atoms. The highest BCUT2D eigenvalue weighted by Crippen LogP contribution is 2.38. The zero-order valence-electron chi connectivity index (χ0n) is 17.9. The molecule has 0 aliphatic rings. The highest BCUT2D eigenvalue weighted by molar-refractivity contribution is 7.90. The van der Waals surface area contributed by atoms with Crippen molar-refractivity contribution in [2.45, 2.75) is 9.79 Å². The number of fused-ring (bicyclic) bond motifs is 1. The van der Waals surface area contributed by atoms with E-state index in [1.807, 2.05) is 6.07 Å². The molecule has 5 aromatic rings. The van der Waals surface area contributed by atoms with Crippen LogP contribution in [0.15, 0.2) is 101 Å². The molecule has 0 amide bonds. The lowest BCUT2D eigenvalue weighted by Gasteiger charge is -2.13. The molecular weight excluding hydrogens is 508 g/mol. The first-order valence-electron chi connectivity index (χ1n) is 10.2. The summed E-state index contributed by atoms with van der Waals surface area (Å²) in [5, 5.41) is 10.2. The fourth-order valence-electron chi connectivity index (χ4n) is 3.83. The Morgan fingerprint density at radius 2 is 1.54 bits per heavy atom. The number of sulfonamides is 1. The van der Waals surface area contributed by atoms with Gasteiger partial charge in [-0.2, -0.15) is 17.6 Å². The van der Waals surface area contributed by atoms with E-state index in [1.54, 1.807) is 48.5 Å². The lowest BCUT2D eigenvalue weighted by Crippen LogP contribution is -2.14. The lowest BCUT2D eigenvalue weighted by molar-refractivity contribution is 0.582. The van der Waals surface area contributed by atoms with Crippen molar-refractivity contribution in [3.63, 3.8) is 0 Å². The summed E-state index contributed by atoms with van der Waals surface area (Å²) in [7, 11) is -7.86. The first-order chi connectivity index (χ1) is 16.7. The molecule has 0 aliphatic heterocycles. The highest BCUT2D eigenvalue weighted by atomic mass is 35.5. The summed E-state index contributed by atoms with van der Waals surface area (Å²) in [6, 6.07) is 21.1. The molecule has 2 aromatic heterocycles. The molecule has 5 rings (SSSR count). The van der Waals surface area contributed by atoms with Crippen molar-refractivity contribution < 1.29 is 16.8 Å². The van der Waals surface area contributed by atoms with Gasteiger partial charge in [0, 0.05) is 17.1 Å². The first kappa shape index (κ1) is 23.2. The van der Waals surface area contributed by atoms with E-state index >= 15 is 0 Å². The van der Waals surface area contributed by atoms with Crippen LogP contribution in [-0.4, -0.2) is 31.0 Å². The summed E-state index contributed by atoms with van der Waals surface area (Å²) < 4.78 is 51.2. The SMILES string of the molecule is NS(=O)(=O)c1cccc(-c2c(-c3ccc4cnn(S(=O)(=O)c5ccccc5)c4c3)ccnc2Cl)c1. The van der Waals surface area contributed by atoms with Gasteiger partial charge in [0.15, 0.2) is 0 Å². The van der Waals surface area contributed by atoms with E-state index in [4.69, 9.17) is 16.7 Å². The van der Waals surface area contributed by atoms with Crippen molar-refractivity contribution in [3.8, 4) is 22.3 Å². The molecule has 0 aliphatic carbocycles. The summed E-state index contributed by atoms with van der Waals surface area (Å²) >= 11 is 6.46. The Bertz CT molecular complexity index is 1800. The molecule has 11 heteroatoms. The van der Waals surface area contributed by atoms with Crippen LogP contribution in [-0.2, 0) is 20.0 Å². The molecule has 0 spiro atoms. The van der Waals surface area contributed by atoms with Crippen LogP contribution in [0.2, 0.25) is 5.15 Å². The maximum Gasteiger partial charge on any atom is 0.283 e. The van der Waals surface area contributed by atoms with Crippen LogP contribution in [0.1, 0.15) is 0 Å². The van der Waals surface area contributed by atoms with Gasteiger partial charge in [-0.25, -0.2) is 18.5 Å². The monoisotopic (exact) mass is 524 g/mol. The van der Waals surface area contributed by atoms with Gasteiger partial charge in [0.1, 0.15) is 5.15 Å². The van der Waals surface area contributed by atoms with Crippen molar-refractivity contribution in [1.29, 1.82) is 0 Å². The molecule has 2 N–H and O–H groups in total. The maximum absolute atomic E-state index is 13.2. The number of primary sulfonamides is 1. The van der Waals surface area contributed by atoms with E-state index in [0.29, 0.717) is 33.2 Å². The second kappa shape index (κ2) is 8.58. The van der Waals surface area contributed by atoms with Gasteiger partial charge in [-0.15, -0.1) is 0 Å². The Morgan fingerprint density at radius 1 is 0.800 bits per heavy atom. The normalized spacial score (nSPS) is 12.2. The van der Waals surface area contributed by atoms with Gasteiger partial charge in [0.25, 0.3) is 10.0 Å². The molecule has 0 saturated carbocycles. The third-order valence-corrected chi connectivity index (χ3v) is 8.29. The van der Waals surface area contributed by atoms with E-state index in [-0.39, 0.29) is 14.9 Å². The molecule has 0 radical (unpaired) electrons. The number of nitrogens with two attached hydrogens (primary N) is 1. The highest BCUT2D eigenvalue weighted by Gasteiger charge is 2.21. The van der Waals surface area contributed by atoms with Gasteiger partial charge < -0.3 is 0 Å². The van der Waals surface area contributed by atoms with Gasteiger partial charge >= 0.3 is 0 Å². The third-order valence-electron chi connectivity index (χ3n) is 5.47. The number of halogens is 1. The van der Waals surface area contributed by atoms with Crippen LogP contribution in [0.5, 0.6) is 0 Å². The summed E-state index contributed by atoms with van der Waals surface area (Å²) in [6.07, 6.45) is 3.00. The minimum atomic E-state index is -3.94. The Kier molecular flexibility index (Phi) is 5.68. The van der Waals surface area contributed by atoms with Crippen LogP contribution in [0, 0.1) is 0 Å². The average Bonchev–Trinajstić information content (AvgIpc) is 3.28. The minimum Gasteiger partial charge on any atom is -0.244 e. The van der Waals surface area contributed by atoms with Crippen LogP contribution in [0.4, 0.5) is 0 Å². The molecule has 0 saturated heterocycles. The van der Waals surface area contributed by atoms with Crippen LogP contribution < -0.4 is 5.14 Å².